The molecule has 0 aromatic rings. The number of quaternary nitrogens is 1. The summed E-state index contributed by atoms with van der Waals surface area (Å²) in [6, 6.07) is 0.984. The lowest BCUT2D eigenvalue weighted by Gasteiger charge is -2.29. The molecule has 0 aromatic heterocycles. The van der Waals surface area contributed by atoms with E-state index >= 15 is 0 Å². The highest BCUT2D eigenvalue weighted by molar-refractivity contribution is 5.80. The van der Waals surface area contributed by atoms with Crippen LogP contribution in [-0.2, 0) is 9.53 Å². The molecule has 3 heterocycles. The van der Waals surface area contributed by atoms with Crippen LogP contribution in [0.3, 0.4) is 0 Å². The molecule has 3 fully saturated rings. The Bertz CT molecular complexity index is 208. The van der Waals surface area contributed by atoms with Crippen molar-refractivity contribution < 1.29 is 14.4 Å². The Morgan fingerprint density at radius 3 is 2.45 bits per heavy atom. The van der Waals surface area contributed by atoms with E-state index in [1.165, 1.54) is 4.90 Å². The number of epoxide rings is 1. The van der Waals surface area contributed by atoms with Crippen LogP contribution < -0.4 is 4.90 Å². The van der Waals surface area contributed by atoms with Gasteiger partial charge in [-0.05, 0) is 0 Å². The van der Waals surface area contributed by atoms with Crippen LogP contribution in [0, 0.1) is 0 Å². The van der Waals surface area contributed by atoms with Crippen LogP contribution in [0.1, 0.15) is 12.8 Å². The summed E-state index contributed by atoms with van der Waals surface area (Å²) in [5.41, 5.74) is 0. The third kappa shape index (κ3) is 0.631. The SMILES string of the molecule is C[NH+]1C2CC(=O)CC1C1OC12. The fourth-order valence-corrected chi connectivity index (χ4v) is 2.71. The summed E-state index contributed by atoms with van der Waals surface area (Å²) < 4.78 is 5.47. The van der Waals surface area contributed by atoms with E-state index in [-0.39, 0.29) is 0 Å². The summed E-state index contributed by atoms with van der Waals surface area (Å²) in [6.07, 6.45) is 2.38. The summed E-state index contributed by atoms with van der Waals surface area (Å²) in [7, 11) is 2.19. The van der Waals surface area contributed by atoms with Gasteiger partial charge in [0.1, 0.15) is 30.1 Å². The van der Waals surface area contributed by atoms with E-state index in [1.54, 1.807) is 0 Å². The summed E-state index contributed by atoms with van der Waals surface area (Å²) in [5.74, 6) is 0.446. The van der Waals surface area contributed by atoms with E-state index in [0.29, 0.717) is 30.1 Å². The second-order valence-corrected chi connectivity index (χ2v) is 3.97. The zero-order valence-electron chi connectivity index (χ0n) is 6.54. The Labute approximate surface area is 65.3 Å². The van der Waals surface area contributed by atoms with Crippen molar-refractivity contribution in [1.29, 1.82) is 0 Å². The normalized spacial score (nSPS) is 59.4. The lowest BCUT2D eigenvalue weighted by Crippen LogP contribution is -3.17. The number of piperidine rings is 1. The predicted molar refractivity (Wildman–Crippen MR) is 37.4 cm³/mol. The molecular formula is C8H12NO2+. The molecular weight excluding hydrogens is 142 g/mol. The number of likely N-dealkylation sites (N-methyl/N-ethyl adjacent to an activating group) is 1. The van der Waals surface area contributed by atoms with E-state index in [4.69, 9.17) is 4.74 Å². The summed E-state index contributed by atoms with van der Waals surface area (Å²) in [5, 5.41) is 0. The number of nitrogens with one attached hydrogen (secondary N) is 1. The first-order valence-corrected chi connectivity index (χ1v) is 4.28. The van der Waals surface area contributed by atoms with Gasteiger partial charge in [-0.2, -0.15) is 0 Å². The van der Waals surface area contributed by atoms with Gasteiger partial charge < -0.3 is 9.64 Å². The fraction of sp³-hybridized carbons (Fsp3) is 0.875. The maximum absolute atomic E-state index is 11.2. The minimum atomic E-state index is 0.437. The highest BCUT2D eigenvalue weighted by atomic mass is 16.6. The Morgan fingerprint density at radius 1 is 1.36 bits per heavy atom. The maximum Gasteiger partial charge on any atom is 0.144 e. The van der Waals surface area contributed by atoms with Crippen LogP contribution in [0.15, 0.2) is 0 Å². The zero-order chi connectivity index (χ0) is 7.59. The van der Waals surface area contributed by atoms with E-state index in [1.807, 2.05) is 0 Å². The van der Waals surface area contributed by atoms with Crippen molar-refractivity contribution in [3.05, 3.63) is 0 Å². The second kappa shape index (κ2) is 1.67. The van der Waals surface area contributed by atoms with Crippen molar-refractivity contribution >= 4 is 5.78 Å². The van der Waals surface area contributed by atoms with Gasteiger partial charge in [0.05, 0.1) is 19.9 Å². The number of carbonyl (C=O) groups excluding carboxylic acids is 1. The average molecular weight is 154 g/mol. The molecule has 0 aliphatic carbocycles. The van der Waals surface area contributed by atoms with E-state index in [2.05, 4.69) is 7.05 Å². The molecule has 0 spiro atoms. The topological polar surface area (TPSA) is 34.0 Å². The minimum absolute atomic E-state index is 0.437. The molecule has 3 aliphatic rings. The molecule has 60 valence electrons. The summed E-state index contributed by atoms with van der Waals surface area (Å²) in [6.45, 7) is 0. The van der Waals surface area contributed by atoms with Gasteiger partial charge in [-0.3, -0.25) is 4.79 Å². The Hall–Kier alpha value is -0.410. The number of ketones is 1. The third-order valence-electron chi connectivity index (χ3n) is 3.42. The molecule has 3 saturated heterocycles. The monoisotopic (exact) mass is 154 g/mol. The van der Waals surface area contributed by atoms with Gasteiger partial charge in [0.2, 0.25) is 0 Å². The second-order valence-electron chi connectivity index (χ2n) is 3.97. The molecule has 11 heavy (non-hydrogen) atoms. The average Bonchev–Trinajstić information content (AvgIpc) is 2.66. The first-order chi connectivity index (χ1) is 5.27. The standard InChI is InChI=1S/C8H11NO2/c1-9-5-2-4(10)3-6(9)8-7(5)11-8/h5-8H,2-3H2,1H3/p+1. The number of ether oxygens (including phenoxy) is 1. The van der Waals surface area contributed by atoms with Crippen molar-refractivity contribution in [2.45, 2.75) is 37.1 Å². The van der Waals surface area contributed by atoms with E-state index < -0.39 is 0 Å². The van der Waals surface area contributed by atoms with Gasteiger partial charge in [-0.1, -0.05) is 0 Å². The molecule has 3 heteroatoms. The van der Waals surface area contributed by atoms with Crippen LogP contribution in [0.2, 0.25) is 0 Å². The van der Waals surface area contributed by atoms with Crippen molar-refractivity contribution in [2.75, 3.05) is 7.05 Å². The zero-order valence-corrected chi connectivity index (χ0v) is 6.54. The summed E-state index contributed by atoms with van der Waals surface area (Å²) in [4.78, 5) is 12.7. The molecule has 1 N–H and O–H groups in total. The minimum Gasteiger partial charge on any atom is -0.357 e. The number of fused-ring (bicyclic) bond motifs is 5. The smallest absolute Gasteiger partial charge is 0.144 e. The molecule has 0 saturated carbocycles. The molecule has 0 aromatic carbocycles. The number of hydrogen-bond acceptors (Lipinski definition) is 2. The maximum atomic E-state index is 11.2. The number of morpholine rings is 1. The Balaban J connectivity index is 1.95. The van der Waals surface area contributed by atoms with Gasteiger partial charge >= 0.3 is 0 Å². The van der Waals surface area contributed by atoms with E-state index in [0.717, 1.165) is 12.8 Å². The van der Waals surface area contributed by atoms with Crippen LogP contribution in [0.25, 0.3) is 0 Å². The first kappa shape index (κ1) is 6.14. The number of Topliss-reactive ketones (excluding diaryl/α,β-unsaturated/α-hetero) is 1. The highest BCUT2D eigenvalue weighted by Crippen LogP contribution is 2.37. The molecule has 0 radical (unpaired) electrons. The number of hydrogen-bond donors (Lipinski definition) is 1. The molecule has 2 bridgehead atoms. The van der Waals surface area contributed by atoms with Gasteiger partial charge in [0.15, 0.2) is 0 Å². The quantitative estimate of drug-likeness (QED) is 0.426. The van der Waals surface area contributed by atoms with Crippen molar-refractivity contribution in [1.82, 2.24) is 0 Å². The van der Waals surface area contributed by atoms with Gasteiger partial charge in [-0.15, -0.1) is 0 Å². The van der Waals surface area contributed by atoms with Gasteiger partial charge in [0, 0.05) is 0 Å². The van der Waals surface area contributed by atoms with Crippen LogP contribution in [0.5, 0.6) is 0 Å². The number of carbonyl (C=O) groups is 1. The lowest BCUT2D eigenvalue weighted by molar-refractivity contribution is -0.925. The van der Waals surface area contributed by atoms with Crippen molar-refractivity contribution in [2.24, 2.45) is 0 Å². The summed E-state index contributed by atoms with van der Waals surface area (Å²) >= 11 is 0. The van der Waals surface area contributed by atoms with E-state index in [9.17, 15) is 4.79 Å². The largest absolute Gasteiger partial charge is 0.357 e. The highest BCUT2D eigenvalue weighted by Gasteiger charge is 2.66. The van der Waals surface area contributed by atoms with Gasteiger partial charge in [0.25, 0.3) is 0 Å². The number of rotatable bonds is 0. The molecule has 3 rings (SSSR count). The first-order valence-electron chi connectivity index (χ1n) is 4.28. The molecule has 3 nitrogen and oxygen atoms in total. The fourth-order valence-electron chi connectivity index (χ4n) is 2.71. The van der Waals surface area contributed by atoms with Crippen LogP contribution in [-0.4, -0.2) is 37.1 Å². The van der Waals surface area contributed by atoms with Crippen LogP contribution in [0.4, 0.5) is 0 Å². The predicted octanol–water partition coefficient (Wildman–Crippen LogP) is -1.62. The Morgan fingerprint density at radius 2 is 1.91 bits per heavy atom. The molecule has 3 aliphatic heterocycles. The Kier molecular flexibility index (Phi) is 0.932. The molecule has 4 unspecified atom stereocenters. The lowest BCUT2D eigenvalue weighted by atomic mass is 10.0. The molecule has 4 atom stereocenters. The van der Waals surface area contributed by atoms with Gasteiger partial charge in [-0.25, -0.2) is 0 Å². The molecule has 0 amide bonds. The van der Waals surface area contributed by atoms with Crippen molar-refractivity contribution in [3.8, 4) is 0 Å². The van der Waals surface area contributed by atoms with Crippen LogP contribution >= 0.6 is 0 Å². The third-order valence-corrected chi connectivity index (χ3v) is 3.42. The van der Waals surface area contributed by atoms with Crippen molar-refractivity contribution in [3.63, 3.8) is 0 Å².